The first-order valence-electron chi connectivity index (χ1n) is 13.6. The molecule has 1 aliphatic carbocycles. The summed E-state index contributed by atoms with van der Waals surface area (Å²) in [5.41, 5.74) is 6.52. The van der Waals surface area contributed by atoms with E-state index in [1.54, 1.807) is 17.4 Å². The lowest BCUT2D eigenvalue weighted by molar-refractivity contribution is -0.148. The fourth-order valence-corrected chi connectivity index (χ4v) is 5.55. The van der Waals surface area contributed by atoms with Crippen LogP contribution in [0.3, 0.4) is 0 Å². The highest BCUT2D eigenvalue weighted by molar-refractivity contribution is 7.09. The predicted octanol–water partition coefficient (Wildman–Crippen LogP) is 4.99. The summed E-state index contributed by atoms with van der Waals surface area (Å²) in [6.45, 7) is 3.28. The van der Waals surface area contributed by atoms with E-state index in [-0.39, 0.29) is 17.9 Å². The number of fused-ring (bicyclic) bond motifs is 1. The third kappa shape index (κ3) is 9.89. The van der Waals surface area contributed by atoms with Crippen molar-refractivity contribution < 1.29 is 23.9 Å². The van der Waals surface area contributed by atoms with E-state index in [1.165, 1.54) is 43.2 Å². The Morgan fingerprint density at radius 2 is 1.74 bits per heavy atom. The van der Waals surface area contributed by atoms with E-state index in [1.807, 2.05) is 40.6 Å². The van der Waals surface area contributed by atoms with Gasteiger partial charge in [0.2, 0.25) is 17.5 Å². The highest BCUT2D eigenvalue weighted by Gasteiger charge is 2.25. The summed E-state index contributed by atoms with van der Waals surface area (Å²) in [6, 6.07) is 11.4. The zero-order chi connectivity index (χ0) is 28.4. The van der Waals surface area contributed by atoms with E-state index in [0.717, 1.165) is 25.1 Å². The summed E-state index contributed by atoms with van der Waals surface area (Å²) in [5.74, 6) is -0.997. The number of halogens is 1. The summed E-state index contributed by atoms with van der Waals surface area (Å²) < 4.78 is 11.9. The number of nitrogens with two attached hydrogens (primary N) is 1. The first kappa shape index (κ1) is 30.5. The van der Waals surface area contributed by atoms with Crippen LogP contribution in [0, 0.1) is 5.92 Å². The summed E-state index contributed by atoms with van der Waals surface area (Å²) in [4.78, 5) is 38.3. The van der Waals surface area contributed by atoms with Crippen molar-refractivity contribution in [2.75, 3.05) is 0 Å². The third-order valence-electron chi connectivity index (χ3n) is 7.11. The van der Waals surface area contributed by atoms with Gasteiger partial charge in [-0.3, -0.25) is 9.59 Å². The molecule has 0 bridgehead atoms. The number of nitrogens with zero attached hydrogens (tertiary/aromatic N) is 1. The van der Waals surface area contributed by atoms with Crippen LogP contribution in [0.15, 0.2) is 53.9 Å². The van der Waals surface area contributed by atoms with E-state index >= 15 is 0 Å². The van der Waals surface area contributed by atoms with Crippen molar-refractivity contribution in [1.29, 1.82) is 0 Å². The molecule has 9 heteroatoms. The number of benzene rings is 1. The van der Waals surface area contributed by atoms with Gasteiger partial charge in [0.05, 0.1) is 6.04 Å². The second-order valence-corrected chi connectivity index (χ2v) is 11.9. The SMILES string of the molecule is CC(C)(F)C(=O)O.N[C@@H](Cc1cccs1)C(=O)N[C@H](/C=C/C(=O)N1Cc2ccccc2C1)CC1CCCCC1. The van der Waals surface area contributed by atoms with Crippen LogP contribution in [0.1, 0.15) is 68.4 Å². The highest BCUT2D eigenvalue weighted by atomic mass is 32.1. The summed E-state index contributed by atoms with van der Waals surface area (Å²) in [6.07, 6.45) is 11.1. The molecule has 1 aromatic heterocycles. The molecular formula is C30H40FN3O4S. The highest BCUT2D eigenvalue weighted by Crippen LogP contribution is 2.28. The summed E-state index contributed by atoms with van der Waals surface area (Å²) in [7, 11) is 0. The number of rotatable bonds is 9. The van der Waals surface area contributed by atoms with Gasteiger partial charge in [0.15, 0.2) is 0 Å². The number of carboxylic acids is 1. The molecule has 212 valence electrons. The number of nitrogens with one attached hydrogen (secondary N) is 1. The van der Waals surface area contributed by atoms with Crippen molar-refractivity contribution in [3.05, 3.63) is 69.9 Å². The maximum atomic E-state index is 12.8. The quantitative estimate of drug-likeness (QED) is 0.376. The molecule has 2 amide bonds. The van der Waals surface area contributed by atoms with Gasteiger partial charge in [0.1, 0.15) is 0 Å². The number of alkyl halides is 1. The number of hydrogen-bond donors (Lipinski definition) is 3. The van der Waals surface area contributed by atoms with Gasteiger partial charge in [-0.05, 0) is 48.8 Å². The molecule has 39 heavy (non-hydrogen) atoms. The van der Waals surface area contributed by atoms with Crippen LogP contribution in [-0.4, -0.2) is 45.5 Å². The van der Waals surface area contributed by atoms with Crippen molar-refractivity contribution >= 4 is 29.1 Å². The minimum Gasteiger partial charge on any atom is -0.479 e. The maximum absolute atomic E-state index is 12.8. The van der Waals surface area contributed by atoms with Crippen molar-refractivity contribution in [3.8, 4) is 0 Å². The van der Waals surface area contributed by atoms with Gasteiger partial charge in [-0.1, -0.05) is 68.5 Å². The van der Waals surface area contributed by atoms with Crippen molar-refractivity contribution in [2.24, 2.45) is 11.7 Å². The standard InChI is InChI=1S/C26H33N3O2S.C4H7FO2/c27-24(16-23-11-6-14-32-23)26(31)28-22(15-19-7-2-1-3-8-19)12-13-25(30)29-17-20-9-4-5-10-21(20)18-29;1-4(2,5)3(6)7/h4-6,9-14,19,22,24H,1-3,7-8,15-18,27H2,(H,28,31);1-2H3,(H,6,7)/b13-12+;/t22-,24+;/m1./s1. The molecule has 1 fully saturated rings. The Labute approximate surface area is 234 Å². The smallest absolute Gasteiger partial charge is 0.340 e. The van der Waals surface area contributed by atoms with Gasteiger partial charge in [-0.25, -0.2) is 9.18 Å². The van der Waals surface area contributed by atoms with Gasteiger partial charge in [0.25, 0.3) is 0 Å². The zero-order valence-corrected chi connectivity index (χ0v) is 23.6. The van der Waals surface area contributed by atoms with Gasteiger partial charge in [0, 0.05) is 36.5 Å². The minimum absolute atomic E-state index is 0.00743. The molecule has 0 radical (unpaired) electrons. The maximum Gasteiger partial charge on any atom is 0.340 e. The number of carboxylic acid groups (broad SMARTS) is 1. The van der Waals surface area contributed by atoms with Gasteiger partial charge in [-0.2, -0.15) is 0 Å². The average Bonchev–Trinajstić information content (AvgIpc) is 3.57. The third-order valence-corrected chi connectivity index (χ3v) is 8.01. The lowest BCUT2D eigenvalue weighted by atomic mass is 9.84. The first-order chi connectivity index (χ1) is 18.5. The fraction of sp³-hybridized carbons (Fsp3) is 0.500. The van der Waals surface area contributed by atoms with E-state index in [4.69, 9.17) is 10.8 Å². The van der Waals surface area contributed by atoms with Crippen LogP contribution < -0.4 is 11.1 Å². The van der Waals surface area contributed by atoms with E-state index in [9.17, 15) is 18.8 Å². The topological polar surface area (TPSA) is 113 Å². The molecule has 1 aliphatic heterocycles. The van der Waals surface area contributed by atoms with Crippen LogP contribution in [0.2, 0.25) is 0 Å². The number of carbonyl (C=O) groups is 3. The van der Waals surface area contributed by atoms with Crippen molar-refractivity contribution in [3.63, 3.8) is 0 Å². The van der Waals surface area contributed by atoms with E-state index in [2.05, 4.69) is 17.4 Å². The molecule has 4 N–H and O–H groups in total. The van der Waals surface area contributed by atoms with Crippen molar-refractivity contribution in [2.45, 2.75) is 89.6 Å². The molecule has 2 atom stereocenters. The summed E-state index contributed by atoms with van der Waals surface area (Å²) in [5, 5.41) is 13.0. The number of amides is 2. The molecule has 1 saturated carbocycles. The fourth-order valence-electron chi connectivity index (χ4n) is 4.79. The number of carbonyl (C=O) groups excluding carboxylic acids is 2. The number of aliphatic carboxylic acids is 1. The van der Waals surface area contributed by atoms with E-state index in [0.29, 0.717) is 25.4 Å². The van der Waals surface area contributed by atoms with Crippen LogP contribution in [0.5, 0.6) is 0 Å². The van der Waals surface area contributed by atoms with Crippen LogP contribution in [0.25, 0.3) is 0 Å². The first-order valence-corrected chi connectivity index (χ1v) is 14.5. The lowest BCUT2D eigenvalue weighted by Crippen LogP contribution is -2.46. The van der Waals surface area contributed by atoms with Crippen LogP contribution in [0.4, 0.5) is 4.39 Å². The van der Waals surface area contributed by atoms with Crippen molar-refractivity contribution in [1.82, 2.24) is 10.2 Å². The largest absolute Gasteiger partial charge is 0.479 e. The summed E-state index contributed by atoms with van der Waals surface area (Å²) >= 11 is 1.61. The monoisotopic (exact) mass is 557 g/mol. The molecule has 0 saturated heterocycles. The Morgan fingerprint density at radius 1 is 1.13 bits per heavy atom. The van der Waals surface area contributed by atoms with Gasteiger partial charge < -0.3 is 21.1 Å². The molecule has 2 aromatic rings. The second-order valence-electron chi connectivity index (χ2n) is 10.8. The van der Waals surface area contributed by atoms with Gasteiger partial charge >= 0.3 is 5.97 Å². The molecule has 4 rings (SSSR count). The van der Waals surface area contributed by atoms with E-state index < -0.39 is 17.7 Å². The molecule has 2 aliphatic rings. The lowest BCUT2D eigenvalue weighted by Gasteiger charge is -2.26. The zero-order valence-electron chi connectivity index (χ0n) is 22.8. The normalized spacial score (nSPS) is 17.2. The number of hydrogen-bond acceptors (Lipinski definition) is 5. The minimum atomic E-state index is -2.08. The predicted molar refractivity (Wildman–Crippen MR) is 152 cm³/mol. The number of thiophene rings is 1. The Balaban J connectivity index is 0.000000532. The molecular weight excluding hydrogens is 517 g/mol. The van der Waals surface area contributed by atoms with Crippen LogP contribution in [-0.2, 0) is 33.9 Å². The Kier molecular flexibility index (Phi) is 11.2. The van der Waals surface area contributed by atoms with Crippen LogP contribution >= 0.6 is 11.3 Å². The molecule has 0 unspecified atom stereocenters. The molecule has 1 aromatic carbocycles. The second kappa shape index (κ2) is 14.4. The molecule has 0 spiro atoms. The molecule has 7 nitrogen and oxygen atoms in total. The Hall–Kier alpha value is -3.04. The van der Waals surface area contributed by atoms with Gasteiger partial charge in [-0.15, -0.1) is 11.3 Å². The Morgan fingerprint density at radius 3 is 2.28 bits per heavy atom. The molecule has 2 heterocycles. The Bertz CT molecular complexity index is 1100. The average molecular weight is 558 g/mol.